The molecule has 7 heteroatoms. The molecule has 1 aliphatic heterocycles. The van der Waals surface area contributed by atoms with Crippen molar-refractivity contribution in [1.29, 1.82) is 0 Å². The second-order valence-corrected chi connectivity index (χ2v) is 7.36. The predicted molar refractivity (Wildman–Crippen MR) is 78.9 cm³/mol. The lowest BCUT2D eigenvalue weighted by Crippen LogP contribution is -2.43. The van der Waals surface area contributed by atoms with Gasteiger partial charge in [0, 0.05) is 6.04 Å². The maximum absolute atomic E-state index is 12.4. The molecule has 0 saturated heterocycles. The topological polar surface area (TPSA) is 80.8 Å². The van der Waals surface area contributed by atoms with E-state index in [-0.39, 0.29) is 24.0 Å². The minimum absolute atomic E-state index is 0.188. The van der Waals surface area contributed by atoms with Crippen LogP contribution in [-0.4, -0.2) is 43.5 Å². The number of hydrogen-bond acceptors (Lipinski definition) is 5. The fraction of sp³-hybridized carbons (Fsp3) is 0.467. The second-order valence-electron chi connectivity index (χ2n) is 5.76. The average molecular weight is 323 g/mol. The molecule has 6 nitrogen and oxygen atoms in total. The van der Waals surface area contributed by atoms with E-state index < -0.39 is 10.1 Å². The quantitative estimate of drug-likeness (QED) is 0.623. The Labute approximate surface area is 129 Å². The number of amides is 2. The molecule has 1 saturated carbocycles. The fourth-order valence-electron chi connectivity index (χ4n) is 3.19. The molecule has 0 spiro atoms. The highest BCUT2D eigenvalue weighted by atomic mass is 32.2. The molecule has 22 heavy (non-hydrogen) atoms. The lowest BCUT2D eigenvalue weighted by atomic mass is 9.92. The van der Waals surface area contributed by atoms with Gasteiger partial charge in [0.05, 0.1) is 23.5 Å². The van der Waals surface area contributed by atoms with Crippen molar-refractivity contribution in [2.45, 2.75) is 37.8 Å². The zero-order valence-corrected chi connectivity index (χ0v) is 13.0. The maximum atomic E-state index is 12.4. The van der Waals surface area contributed by atoms with Gasteiger partial charge in [-0.1, -0.05) is 12.1 Å². The van der Waals surface area contributed by atoms with Crippen LogP contribution in [0.1, 0.15) is 46.4 Å². The van der Waals surface area contributed by atoms with Crippen LogP contribution in [0.4, 0.5) is 0 Å². The van der Waals surface area contributed by atoms with Gasteiger partial charge in [-0.3, -0.25) is 18.7 Å². The highest BCUT2D eigenvalue weighted by Crippen LogP contribution is 2.32. The molecule has 0 radical (unpaired) electrons. The molecule has 2 amide bonds. The summed E-state index contributed by atoms with van der Waals surface area (Å²) in [6.45, 7) is 0. The van der Waals surface area contributed by atoms with Crippen LogP contribution >= 0.6 is 0 Å². The number of rotatable bonds is 3. The van der Waals surface area contributed by atoms with Crippen LogP contribution in [0.3, 0.4) is 0 Å². The van der Waals surface area contributed by atoms with Gasteiger partial charge in [-0.25, -0.2) is 0 Å². The summed E-state index contributed by atoms with van der Waals surface area (Å²) < 4.78 is 27.3. The Hall–Kier alpha value is -1.73. The minimum atomic E-state index is -3.47. The second kappa shape index (κ2) is 5.48. The molecular formula is C15H17NO5S. The Balaban J connectivity index is 1.71. The molecule has 0 bridgehead atoms. The maximum Gasteiger partial charge on any atom is 0.264 e. The molecule has 1 aromatic rings. The zero-order valence-electron chi connectivity index (χ0n) is 12.2. The summed E-state index contributed by atoms with van der Waals surface area (Å²) in [6.07, 6.45) is 2.83. The number of fused-ring (bicyclic) bond motifs is 1. The van der Waals surface area contributed by atoms with Crippen LogP contribution in [0.15, 0.2) is 24.3 Å². The molecule has 1 fully saturated rings. The van der Waals surface area contributed by atoms with E-state index in [2.05, 4.69) is 0 Å². The van der Waals surface area contributed by atoms with E-state index in [4.69, 9.17) is 4.18 Å². The first-order valence-corrected chi connectivity index (χ1v) is 9.03. The van der Waals surface area contributed by atoms with Crippen molar-refractivity contribution in [3.63, 3.8) is 0 Å². The van der Waals surface area contributed by atoms with E-state index in [1.807, 2.05) is 0 Å². The average Bonchev–Trinajstić information content (AvgIpc) is 2.71. The molecule has 0 unspecified atom stereocenters. The molecule has 0 atom stereocenters. The van der Waals surface area contributed by atoms with Crippen LogP contribution in [0.2, 0.25) is 0 Å². The number of carbonyl (C=O) groups excluding carboxylic acids is 2. The number of imide groups is 1. The smallest absolute Gasteiger partial charge is 0.264 e. The summed E-state index contributed by atoms with van der Waals surface area (Å²) in [4.78, 5) is 26.1. The third-order valence-electron chi connectivity index (χ3n) is 4.15. The van der Waals surface area contributed by atoms with E-state index in [9.17, 15) is 18.0 Å². The SMILES string of the molecule is CS(=O)(=O)OC1CCC(N2C(=O)c3ccccc3C2=O)CC1. The van der Waals surface area contributed by atoms with Crippen molar-refractivity contribution in [2.75, 3.05) is 6.26 Å². The van der Waals surface area contributed by atoms with E-state index in [0.29, 0.717) is 36.8 Å². The van der Waals surface area contributed by atoms with Gasteiger partial charge in [-0.05, 0) is 37.8 Å². The highest BCUT2D eigenvalue weighted by molar-refractivity contribution is 7.86. The molecule has 0 N–H and O–H groups in total. The summed E-state index contributed by atoms with van der Waals surface area (Å²) in [5.74, 6) is -0.513. The first kappa shape index (κ1) is 15.2. The van der Waals surface area contributed by atoms with Crippen molar-refractivity contribution in [3.05, 3.63) is 35.4 Å². The summed E-state index contributed by atoms with van der Waals surface area (Å²) >= 11 is 0. The lowest BCUT2D eigenvalue weighted by molar-refractivity contribution is 0.0483. The lowest BCUT2D eigenvalue weighted by Gasteiger charge is -2.32. The first-order valence-electron chi connectivity index (χ1n) is 7.22. The minimum Gasteiger partial charge on any atom is -0.271 e. The number of hydrogen-bond donors (Lipinski definition) is 0. The first-order chi connectivity index (χ1) is 10.4. The zero-order chi connectivity index (χ0) is 15.9. The van der Waals surface area contributed by atoms with Crippen molar-refractivity contribution < 1.29 is 22.2 Å². The number of nitrogens with zero attached hydrogens (tertiary/aromatic N) is 1. The Morgan fingerprint density at radius 2 is 1.50 bits per heavy atom. The highest BCUT2D eigenvalue weighted by Gasteiger charge is 2.41. The van der Waals surface area contributed by atoms with E-state index in [0.717, 1.165) is 6.26 Å². The monoisotopic (exact) mass is 323 g/mol. The third kappa shape index (κ3) is 2.78. The van der Waals surface area contributed by atoms with Crippen LogP contribution < -0.4 is 0 Å². The van der Waals surface area contributed by atoms with Gasteiger partial charge in [0.2, 0.25) is 0 Å². The van der Waals surface area contributed by atoms with Crippen molar-refractivity contribution in [2.24, 2.45) is 0 Å². The fourth-order valence-corrected chi connectivity index (χ4v) is 3.87. The van der Waals surface area contributed by atoms with Crippen LogP contribution in [0.5, 0.6) is 0 Å². The Morgan fingerprint density at radius 1 is 1.00 bits per heavy atom. The van der Waals surface area contributed by atoms with Crippen LogP contribution in [-0.2, 0) is 14.3 Å². The van der Waals surface area contributed by atoms with Crippen molar-refractivity contribution >= 4 is 21.9 Å². The van der Waals surface area contributed by atoms with Crippen LogP contribution in [0.25, 0.3) is 0 Å². The largest absolute Gasteiger partial charge is 0.271 e. The Bertz CT molecular complexity index is 684. The van der Waals surface area contributed by atoms with Gasteiger partial charge in [-0.2, -0.15) is 8.42 Å². The van der Waals surface area contributed by atoms with E-state index >= 15 is 0 Å². The molecular weight excluding hydrogens is 306 g/mol. The molecule has 1 heterocycles. The number of carbonyl (C=O) groups is 2. The van der Waals surface area contributed by atoms with E-state index in [1.54, 1.807) is 24.3 Å². The Kier molecular flexibility index (Phi) is 3.78. The summed E-state index contributed by atoms with van der Waals surface area (Å²) in [5.41, 5.74) is 0.893. The van der Waals surface area contributed by atoms with Gasteiger partial charge in [0.15, 0.2) is 0 Å². The molecule has 3 rings (SSSR count). The molecule has 118 valence electrons. The van der Waals surface area contributed by atoms with Gasteiger partial charge in [0.1, 0.15) is 0 Å². The summed E-state index contributed by atoms with van der Waals surface area (Å²) in [5, 5.41) is 0. The molecule has 1 aliphatic carbocycles. The molecule has 2 aliphatic rings. The van der Waals surface area contributed by atoms with Gasteiger partial charge in [0.25, 0.3) is 21.9 Å². The normalized spacial score (nSPS) is 25.4. The van der Waals surface area contributed by atoms with Gasteiger partial charge < -0.3 is 0 Å². The Morgan fingerprint density at radius 3 is 1.95 bits per heavy atom. The van der Waals surface area contributed by atoms with Crippen molar-refractivity contribution in [3.8, 4) is 0 Å². The molecule has 1 aromatic carbocycles. The third-order valence-corrected chi connectivity index (χ3v) is 4.77. The van der Waals surface area contributed by atoms with Crippen molar-refractivity contribution in [1.82, 2.24) is 4.90 Å². The van der Waals surface area contributed by atoms with E-state index in [1.165, 1.54) is 4.90 Å². The summed E-state index contributed by atoms with van der Waals surface area (Å²) in [6, 6.07) is 6.61. The summed E-state index contributed by atoms with van der Waals surface area (Å²) in [7, 11) is -3.47. The predicted octanol–water partition coefficient (Wildman–Crippen LogP) is 1.57. The number of benzene rings is 1. The van der Waals surface area contributed by atoms with Gasteiger partial charge in [-0.15, -0.1) is 0 Å². The standard InChI is InChI=1S/C15H17NO5S/c1-22(19,20)21-11-8-6-10(7-9-11)16-14(17)12-4-2-3-5-13(12)15(16)18/h2-5,10-11H,6-9H2,1H3. The van der Waals surface area contributed by atoms with Gasteiger partial charge >= 0.3 is 0 Å². The molecule has 0 aromatic heterocycles. The van der Waals surface area contributed by atoms with Crippen LogP contribution in [0, 0.1) is 0 Å².